The lowest BCUT2D eigenvalue weighted by molar-refractivity contribution is -0.121. The lowest BCUT2D eigenvalue weighted by Crippen LogP contribution is -2.42. The van der Waals surface area contributed by atoms with Crippen LogP contribution >= 0.6 is 23.5 Å². The molecule has 2 N–H and O–H groups in total. The van der Waals surface area contributed by atoms with Crippen molar-refractivity contribution in [1.29, 1.82) is 0 Å². The molecule has 1 aliphatic carbocycles. The van der Waals surface area contributed by atoms with Crippen LogP contribution in [0.5, 0.6) is 0 Å². The number of ether oxygens (including phenoxy) is 1. The topological polar surface area (TPSA) is 79.4 Å². The molecule has 4 rings (SSSR count). The minimum Gasteiger partial charge on any atom is -0.381 e. The molecule has 7 nitrogen and oxygen atoms in total. The second-order valence-electron chi connectivity index (χ2n) is 9.16. The first-order valence-electron chi connectivity index (χ1n) is 11.5. The van der Waals surface area contributed by atoms with Gasteiger partial charge in [0.2, 0.25) is 5.91 Å². The molecule has 0 unspecified atom stereocenters. The van der Waals surface area contributed by atoms with Gasteiger partial charge < -0.3 is 15.0 Å². The molecule has 3 heterocycles. The Morgan fingerprint density at radius 2 is 2.03 bits per heavy atom. The SMILES string of the molecule is CSNC(=O)C1(c2ccc(N(CC(C)C)C3CCOCC3)c(Nc3ccc(Cl)cn3)n2)CC1. The van der Waals surface area contributed by atoms with Crippen LogP contribution in [-0.4, -0.2) is 47.9 Å². The molecule has 2 aromatic rings. The van der Waals surface area contributed by atoms with Gasteiger partial charge in [0.05, 0.1) is 21.8 Å². The highest BCUT2D eigenvalue weighted by Gasteiger charge is 2.53. The molecule has 2 aliphatic rings. The van der Waals surface area contributed by atoms with E-state index in [1.54, 1.807) is 12.3 Å². The molecule has 0 atom stereocenters. The van der Waals surface area contributed by atoms with Gasteiger partial charge in [0.1, 0.15) is 5.82 Å². The fraction of sp³-hybridized carbons (Fsp3) is 0.542. The molecule has 0 radical (unpaired) electrons. The standard InChI is InChI=1S/C24H32ClN5O2S/c1-16(2)15-30(18-8-12-32-13-9-18)19-5-6-20(24(10-11-24)23(31)29-33-3)27-22(19)28-21-7-4-17(25)14-26-21/h4-7,14,16,18H,8-13,15H2,1-3H3,(H,29,31)(H,26,27,28). The summed E-state index contributed by atoms with van der Waals surface area (Å²) in [5.74, 6) is 1.89. The summed E-state index contributed by atoms with van der Waals surface area (Å²) in [7, 11) is 0. The molecule has 0 bridgehead atoms. The van der Waals surface area contributed by atoms with Gasteiger partial charge in [-0.1, -0.05) is 37.4 Å². The smallest absolute Gasteiger partial charge is 0.242 e. The number of aromatic nitrogens is 2. The number of halogens is 1. The van der Waals surface area contributed by atoms with Crippen LogP contribution in [0.15, 0.2) is 30.5 Å². The monoisotopic (exact) mass is 489 g/mol. The van der Waals surface area contributed by atoms with E-state index in [0.29, 0.717) is 22.8 Å². The first-order valence-corrected chi connectivity index (χ1v) is 13.1. The van der Waals surface area contributed by atoms with E-state index in [0.717, 1.165) is 62.6 Å². The summed E-state index contributed by atoms with van der Waals surface area (Å²) < 4.78 is 8.53. The van der Waals surface area contributed by atoms with Crippen LogP contribution in [-0.2, 0) is 14.9 Å². The van der Waals surface area contributed by atoms with Gasteiger partial charge in [0, 0.05) is 38.3 Å². The van der Waals surface area contributed by atoms with E-state index >= 15 is 0 Å². The molecule has 9 heteroatoms. The summed E-state index contributed by atoms with van der Waals surface area (Å²) in [4.78, 5) is 24.7. The van der Waals surface area contributed by atoms with Gasteiger partial charge in [0.15, 0.2) is 5.82 Å². The number of carbonyl (C=O) groups excluding carboxylic acids is 1. The lowest BCUT2D eigenvalue weighted by Gasteiger charge is -2.38. The average Bonchev–Trinajstić information content (AvgIpc) is 3.62. The molecule has 2 aromatic heterocycles. The quantitative estimate of drug-likeness (QED) is 0.483. The molecular formula is C24H32ClN5O2S. The maximum absolute atomic E-state index is 12.8. The number of amides is 1. The Labute approximate surface area is 205 Å². The summed E-state index contributed by atoms with van der Waals surface area (Å²) in [6.07, 6.45) is 7.05. The summed E-state index contributed by atoms with van der Waals surface area (Å²) in [6.45, 7) is 6.91. The van der Waals surface area contributed by atoms with Gasteiger partial charge in [-0.05, 0) is 55.9 Å². The summed E-state index contributed by atoms with van der Waals surface area (Å²) >= 11 is 7.37. The normalized spacial score (nSPS) is 17.6. The number of carbonyl (C=O) groups is 1. The highest BCUT2D eigenvalue weighted by molar-refractivity contribution is 7.97. The number of hydrogen-bond acceptors (Lipinski definition) is 7. The van der Waals surface area contributed by atoms with Gasteiger partial charge >= 0.3 is 0 Å². The van der Waals surface area contributed by atoms with Crippen LogP contribution < -0.4 is 14.9 Å². The molecular weight excluding hydrogens is 458 g/mol. The second kappa shape index (κ2) is 10.5. The van der Waals surface area contributed by atoms with E-state index in [-0.39, 0.29) is 5.91 Å². The Bertz CT molecular complexity index is 962. The van der Waals surface area contributed by atoms with Crippen molar-refractivity contribution in [2.45, 2.75) is 51.0 Å². The maximum Gasteiger partial charge on any atom is 0.242 e. The van der Waals surface area contributed by atoms with Crippen molar-refractivity contribution in [1.82, 2.24) is 14.7 Å². The zero-order valence-electron chi connectivity index (χ0n) is 19.4. The van der Waals surface area contributed by atoms with Crippen molar-refractivity contribution >= 4 is 46.8 Å². The molecule has 0 aromatic carbocycles. The van der Waals surface area contributed by atoms with Crippen LogP contribution in [0.2, 0.25) is 5.02 Å². The predicted molar refractivity (Wildman–Crippen MR) is 135 cm³/mol. The predicted octanol–water partition coefficient (Wildman–Crippen LogP) is 4.94. The van der Waals surface area contributed by atoms with Crippen molar-refractivity contribution in [3.05, 3.63) is 41.2 Å². The van der Waals surface area contributed by atoms with Crippen molar-refractivity contribution in [2.75, 3.05) is 36.2 Å². The Hall–Kier alpha value is -2.03. The fourth-order valence-electron chi connectivity index (χ4n) is 4.36. The lowest BCUT2D eigenvalue weighted by atomic mass is 9.99. The number of rotatable bonds is 9. The Morgan fingerprint density at radius 1 is 1.27 bits per heavy atom. The molecule has 2 fully saturated rings. The highest BCUT2D eigenvalue weighted by atomic mass is 35.5. The summed E-state index contributed by atoms with van der Waals surface area (Å²) in [6, 6.07) is 8.16. The minimum absolute atomic E-state index is 0.0225. The van der Waals surface area contributed by atoms with Gasteiger partial charge in [-0.25, -0.2) is 9.97 Å². The second-order valence-corrected chi connectivity index (χ2v) is 10.2. The third kappa shape index (κ3) is 5.55. The van der Waals surface area contributed by atoms with E-state index in [1.807, 2.05) is 18.4 Å². The van der Waals surface area contributed by atoms with Crippen LogP contribution in [0.1, 0.15) is 45.2 Å². The number of nitrogens with zero attached hydrogens (tertiary/aromatic N) is 3. The van der Waals surface area contributed by atoms with Crippen LogP contribution in [0, 0.1) is 5.92 Å². The Morgan fingerprint density at radius 3 is 2.64 bits per heavy atom. The molecule has 1 aliphatic heterocycles. The van der Waals surface area contributed by atoms with Crippen molar-refractivity contribution in [2.24, 2.45) is 5.92 Å². The van der Waals surface area contributed by atoms with E-state index < -0.39 is 5.41 Å². The number of hydrogen-bond donors (Lipinski definition) is 2. The number of pyridine rings is 2. The van der Waals surface area contributed by atoms with Gasteiger partial charge in [-0.3, -0.25) is 9.52 Å². The van der Waals surface area contributed by atoms with E-state index in [4.69, 9.17) is 21.3 Å². The van der Waals surface area contributed by atoms with Crippen LogP contribution in [0.3, 0.4) is 0 Å². The molecule has 1 saturated carbocycles. The van der Waals surface area contributed by atoms with Crippen molar-refractivity contribution in [3.8, 4) is 0 Å². The third-order valence-electron chi connectivity index (χ3n) is 6.22. The van der Waals surface area contributed by atoms with E-state index in [2.05, 4.69) is 39.8 Å². The summed E-state index contributed by atoms with van der Waals surface area (Å²) in [5.41, 5.74) is 1.27. The van der Waals surface area contributed by atoms with Gasteiger partial charge in [-0.15, -0.1) is 0 Å². The first-order chi connectivity index (χ1) is 15.9. The average molecular weight is 490 g/mol. The van der Waals surface area contributed by atoms with Crippen molar-refractivity contribution < 1.29 is 9.53 Å². The van der Waals surface area contributed by atoms with E-state index in [1.165, 1.54) is 11.9 Å². The van der Waals surface area contributed by atoms with Gasteiger partial charge in [-0.2, -0.15) is 0 Å². The zero-order chi connectivity index (χ0) is 23.4. The maximum atomic E-state index is 12.8. The third-order valence-corrected chi connectivity index (χ3v) is 6.83. The molecule has 33 heavy (non-hydrogen) atoms. The Balaban J connectivity index is 1.74. The number of nitrogens with one attached hydrogen (secondary N) is 2. The molecule has 1 saturated heterocycles. The summed E-state index contributed by atoms with van der Waals surface area (Å²) in [5, 5.41) is 3.99. The largest absolute Gasteiger partial charge is 0.381 e. The fourth-order valence-corrected chi connectivity index (χ4v) is 4.85. The van der Waals surface area contributed by atoms with E-state index in [9.17, 15) is 4.79 Å². The molecule has 1 amide bonds. The molecule has 0 spiro atoms. The van der Waals surface area contributed by atoms with Gasteiger partial charge in [0.25, 0.3) is 0 Å². The van der Waals surface area contributed by atoms with Crippen LogP contribution in [0.25, 0.3) is 0 Å². The van der Waals surface area contributed by atoms with Crippen LogP contribution in [0.4, 0.5) is 17.3 Å². The Kier molecular flexibility index (Phi) is 7.66. The minimum atomic E-state index is -0.549. The number of anilines is 3. The first kappa shape index (κ1) is 24.1. The molecule has 178 valence electrons. The zero-order valence-corrected chi connectivity index (χ0v) is 21.0. The highest BCUT2D eigenvalue weighted by Crippen LogP contribution is 2.49. The van der Waals surface area contributed by atoms with Crippen molar-refractivity contribution in [3.63, 3.8) is 0 Å².